The molecule has 0 spiro atoms. The molecule has 0 saturated carbocycles. The van der Waals surface area contributed by atoms with E-state index in [1.54, 1.807) is 6.07 Å². The summed E-state index contributed by atoms with van der Waals surface area (Å²) in [6.07, 6.45) is 0. The fourth-order valence-electron chi connectivity index (χ4n) is 3.28. The summed E-state index contributed by atoms with van der Waals surface area (Å²) in [6, 6.07) is 19.0. The standard InChI is InChI=1S/C24H25ClN4O2/c1-15(2)21(13-30)27-24-20-12-18(14-31-19-10-6-9-17(25)11-19)26-23(20)28-22(29-24)16-7-4-3-5-8-16/h3-12,15,21,30H,13-14H2,1-2H3,(H2,26,27,28,29). The average Bonchev–Trinajstić information content (AvgIpc) is 3.19. The number of nitrogens with one attached hydrogen (secondary N) is 2. The van der Waals surface area contributed by atoms with Crippen molar-refractivity contribution in [2.75, 3.05) is 11.9 Å². The molecule has 0 aliphatic carbocycles. The SMILES string of the molecule is CC(C)C(CO)Nc1nc(-c2ccccc2)nc2[nH]c(COc3cccc(Cl)c3)cc12. The van der Waals surface area contributed by atoms with E-state index < -0.39 is 0 Å². The van der Waals surface area contributed by atoms with E-state index in [9.17, 15) is 5.11 Å². The highest BCUT2D eigenvalue weighted by Crippen LogP contribution is 2.27. The maximum Gasteiger partial charge on any atom is 0.163 e. The van der Waals surface area contributed by atoms with Crippen LogP contribution in [0.2, 0.25) is 5.02 Å². The van der Waals surface area contributed by atoms with Crippen molar-refractivity contribution < 1.29 is 9.84 Å². The minimum absolute atomic E-state index is 0.0129. The van der Waals surface area contributed by atoms with Crippen LogP contribution in [-0.2, 0) is 6.61 Å². The Bertz CT molecular complexity index is 1160. The summed E-state index contributed by atoms with van der Waals surface area (Å²) in [5.41, 5.74) is 2.49. The van der Waals surface area contributed by atoms with Crippen LogP contribution in [0.3, 0.4) is 0 Å². The van der Waals surface area contributed by atoms with E-state index in [2.05, 4.69) is 24.1 Å². The van der Waals surface area contributed by atoms with E-state index in [0.717, 1.165) is 16.6 Å². The Kier molecular flexibility index (Phi) is 6.39. The Morgan fingerprint density at radius 3 is 2.58 bits per heavy atom. The van der Waals surface area contributed by atoms with E-state index in [4.69, 9.17) is 26.3 Å². The second kappa shape index (κ2) is 9.37. The van der Waals surface area contributed by atoms with Gasteiger partial charge in [-0.2, -0.15) is 0 Å². The van der Waals surface area contributed by atoms with Gasteiger partial charge in [-0.1, -0.05) is 61.8 Å². The fraction of sp³-hybridized carbons (Fsp3) is 0.250. The molecule has 6 nitrogen and oxygen atoms in total. The van der Waals surface area contributed by atoms with Gasteiger partial charge in [0.2, 0.25) is 0 Å². The number of halogens is 1. The number of aliphatic hydroxyl groups is 1. The molecule has 1 unspecified atom stereocenters. The Morgan fingerprint density at radius 2 is 1.87 bits per heavy atom. The third kappa shape index (κ3) is 4.98. The van der Waals surface area contributed by atoms with Gasteiger partial charge >= 0.3 is 0 Å². The summed E-state index contributed by atoms with van der Waals surface area (Å²) in [6.45, 7) is 4.47. The van der Waals surface area contributed by atoms with E-state index in [-0.39, 0.29) is 18.6 Å². The minimum Gasteiger partial charge on any atom is -0.487 e. The van der Waals surface area contributed by atoms with Crippen LogP contribution in [0.5, 0.6) is 5.75 Å². The van der Waals surface area contributed by atoms with Crippen molar-refractivity contribution in [3.63, 3.8) is 0 Å². The van der Waals surface area contributed by atoms with Crippen LogP contribution in [0.1, 0.15) is 19.5 Å². The first-order valence-electron chi connectivity index (χ1n) is 10.2. The van der Waals surface area contributed by atoms with Crippen molar-refractivity contribution in [1.82, 2.24) is 15.0 Å². The second-order valence-corrected chi connectivity index (χ2v) is 8.18. The van der Waals surface area contributed by atoms with Crippen LogP contribution >= 0.6 is 11.6 Å². The number of fused-ring (bicyclic) bond motifs is 1. The van der Waals surface area contributed by atoms with Crippen molar-refractivity contribution in [3.05, 3.63) is 71.4 Å². The number of benzene rings is 2. The van der Waals surface area contributed by atoms with Gasteiger partial charge in [0.1, 0.15) is 23.8 Å². The molecule has 7 heteroatoms. The van der Waals surface area contributed by atoms with Crippen molar-refractivity contribution in [3.8, 4) is 17.1 Å². The van der Waals surface area contributed by atoms with Crippen LogP contribution in [0.15, 0.2) is 60.7 Å². The second-order valence-electron chi connectivity index (χ2n) is 7.74. The van der Waals surface area contributed by atoms with E-state index in [0.29, 0.717) is 34.7 Å². The number of aromatic nitrogens is 3. The van der Waals surface area contributed by atoms with Gasteiger partial charge in [0.15, 0.2) is 5.82 Å². The number of anilines is 1. The minimum atomic E-state index is -0.122. The summed E-state index contributed by atoms with van der Waals surface area (Å²) in [7, 11) is 0. The third-order valence-corrected chi connectivity index (χ3v) is 5.32. The molecule has 1 atom stereocenters. The molecule has 0 amide bonds. The number of ether oxygens (including phenoxy) is 1. The molecule has 4 aromatic rings. The molecule has 2 aromatic carbocycles. The number of nitrogens with zero attached hydrogens (tertiary/aromatic N) is 2. The molecule has 2 aromatic heterocycles. The zero-order chi connectivity index (χ0) is 21.8. The van der Waals surface area contributed by atoms with Gasteiger partial charge < -0.3 is 20.1 Å². The predicted molar refractivity (Wildman–Crippen MR) is 124 cm³/mol. The molecular weight excluding hydrogens is 412 g/mol. The summed E-state index contributed by atoms with van der Waals surface area (Å²) >= 11 is 6.04. The van der Waals surface area contributed by atoms with Crippen LogP contribution < -0.4 is 10.1 Å². The predicted octanol–water partition coefficient (Wildman–Crippen LogP) is 5.29. The van der Waals surface area contributed by atoms with Gasteiger partial charge in [-0.25, -0.2) is 9.97 Å². The topological polar surface area (TPSA) is 83.1 Å². The zero-order valence-corrected chi connectivity index (χ0v) is 18.2. The Hall–Kier alpha value is -3.09. The molecule has 0 bridgehead atoms. The van der Waals surface area contributed by atoms with Gasteiger partial charge in [-0.15, -0.1) is 0 Å². The molecule has 0 saturated heterocycles. The summed E-state index contributed by atoms with van der Waals surface area (Å²) < 4.78 is 5.87. The number of hydrogen-bond acceptors (Lipinski definition) is 5. The zero-order valence-electron chi connectivity index (χ0n) is 17.5. The number of aromatic amines is 1. The number of hydrogen-bond donors (Lipinski definition) is 3. The Balaban J connectivity index is 1.70. The molecule has 3 N–H and O–H groups in total. The lowest BCUT2D eigenvalue weighted by Gasteiger charge is -2.21. The van der Waals surface area contributed by atoms with E-state index in [1.165, 1.54) is 0 Å². The average molecular weight is 437 g/mol. The molecular formula is C24H25ClN4O2. The maximum atomic E-state index is 9.81. The monoisotopic (exact) mass is 436 g/mol. The molecule has 4 rings (SSSR count). The van der Waals surface area contributed by atoms with Crippen LogP contribution in [0.25, 0.3) is 22.4 Å². The van der Waals surface area contributed by atoms with Crippen molar-refractivity contribution >= 4 is 28.5 Å². The van der Waals surface area contributed by atoms with E-state index >= 15 is 0 Å². The van der Waals surface area contributed by atoms with Crippen molar-refractivity contribution in [2.45, 2.75) is 26.5 Å². The highest BCUT2D eigenvalue weighted by atomic mass is 35.5. The fourth-order valence-corrected chi connectivity index (χ4v) is 3.46. The van der Waals surface area contributed by atoms with Gasteiger partial charge in [0, 0.05) is 10.6 Å². The lowest BCUT2D eigenvalue weighted by molar-refractivity contribution is 0.249. The summed E-state index contributed by atoms with van der Waals surface area (Å²) in [4.78, 5) is 12.8. The molecule has 0 aliphatic rings. The van der Waals surface area contributed by atoms with Crippen LogP contribution in [0.4, 0.5) is 5.82 Å². The lowest BCUT2D eigenvalue weighted by atomic mass is 10.1. The van der Waals surface area contributed by atoms with Gasteiger partial charge in [-0.05, 0) is 30.2 Å². The summed E-state index contributed by atoms with van der Waals surface area (Å²) in [5, 5.41) is 14.7. The molecule has 0 aliphatic heterocycles. The lowest BCUT2D eigenvalue weighted by Crippen LogP contribution is -2.30. The summed E-state index contributed by atoms with van der Waals surface area (Å²) in [5.74, 6) is 2.22. The van der Waals surface area contributed by atoms with Crippen LogP contribution in [-0.4, -0.2) is 32.7 Å². The molecule has 31 heavy (non-hydrogen) atoms. The Labute approximate surface area is 186 Å². The molecule has 0 fully saturated rings. The van der Waals surface area contributed by atoms with Crippen LogP contribution in [0, 0.1) is 5.92 Å². The molecule has 2 heterocycles. The first-order valence-corrected chi connectivity index (χ1v) is 10.6. The highest BCUT2D eigenvalue weighted by Gasteiger charge is 2.18. The highest BCUT2D eigenvalue weighted by molar-refractivity contribution is 6.30. The van der Waals surface area contributed by atoms with Crippen molar-refractivity contribution in [1.29, 1.82) is 0 Å². The largest absolute Gasteiger partial charge is 0.487 e. The van der Waals surface area contributed by atoms with Gasteiger partial charge in [0.05, 0.1) is 23.7 Å². The maximum absolute atomic E-state index is 9.81. The number of aliphatic hydroxyl groups excluding tert-OH is 1. The molecule has 160 valence electrons. The third-order valence-electron chi connectivity index (χ3n) is 5.09. The Morgan fingerprint density at radius 1 is 1.06 bits per heavy atom. The van der Waals surface area contributed by atoms with E-state index in [1.807, 2.05) is 54.6 Å². The smallest absolute Gasteiger partial charge is 0.163 e. The normalized spacial score (nSPS) is 12.3. The number of H-pyrrole nitrogens is 1. The first-order chi connectivity index (χ1) is 15.0. The number of rotatable bonds is 8. The van der Waals surface area contributed by atoms with Gasteiger partial charge in [0.25, 0.3) is 0 Å². The van der Waals surface area contributed by atoms with Gasteiger partial charge in [-0.3, -0.25) is 0 Å². The molecule has 0 radical (unpaired) electrons. The quantitative estimate of drug-likeness (QED) is 0.349. The first kappa shape index (κ1) is 21.2. The van der Waals surface area contributed by atoms with Crippen molar-refractivity contribution in [2.24, 2.45) is 5.92 Å².